The molecule has 1 heterocycles. The van der Waals surface area contributed by atoms with Gasteiger partial charge in [0.15, 0.2) is 5.78 Å². The Balaban J connectivity index is 1.76. The van der Waals surface area contributed by atoms with Gasteiger partial charge in [0.25, 0.3) is 0 Å². The molecule has 1 fully saturated rings. The molecule has 0 radical (unpaired) electrons. The van der Waals surface area contributed by atoms with Crippen molar-refractivity contribution >= 4 is 35.3 Å². The lowest BCUT2D eigenvalue weighted by atomic mass is 9.83. The number of likely N-dealkylation sites (N-methyl/N-ethyl adjacent to an activating group) is 2. The van der Waals surface area contributed by atoms with E-state index in [-0.39, 0.29) is 78.8 Å². The third kappa shape index (κ3) is 16.9. The second kappa shape index (κ2) is 28.9. The Kier molecular flexibility index (Phi) is 24.5. The van der Waals surface area contributed by atoms with Crippen molar-refractivity contribution in [1.82, 2.24) is 14.7 Å². The van der Waals surface area contributed by atoms with Crippen molar-refractivity contribution in [2.45, 2.75) is 143 Å². The van der Waals surface area contributed by atoms with E-state index in [0.29, 0.717) is 51.1 Å². The Bertz CT molecular complexity index is 1890. The smallest absolute Gasteiger partial charge is 0.337 e. The minimum Gasteiger partial charge on any atom is -0.481 e. The standard InChI is InChI=1S/C54H83N3O11/c1-13-37(6)51(56(9)53(63)43(35(2)3)31-46(59)50(36(4)5)55(8)27-18-22-49(61)62)47(65-10)32-48(60)57-28-17-21-44(57)52(66-11)38(7)45(58)30-41(29-39-19-15-14-16-20-39)34-68-33-40-23-25-42(26-24-40)54(64)67-12/h14-16,19-20,23-26,35-38,41,43-44,47,50-52H,13,17-18,21-22,27-34H2,1-12H3,(H,61,62)/t37-,38-,41+,43-,44-,47+,50-,51-,52+/m0/s1. The summed E-state index contributed by atoms with van der Waals surface area (Å²) in [5, 5.41) is 9.16. The number of nitrogens with zero attached hydrogens (tertiary/aromatic N) is 3. The topological polar surface area (TPSA) is 169 Å². The largest absolute Gasteiger partial charge is 0.481 e. The van der Waals surface area contributed by atoms with E-state index in [2.05, 4.69) is 0 Å². The summed E-state index contributed by atoms with van der Waals surface area (Å²) in [6.07, 6.45) is 2.32. The molecule has 0 spiro atoms. The number of rotatable bonds is 31. The van der Waals surface area contributed by atoms with Gasteiger partial charge in [0.1, 0.15) is 5.78 Å². The molecule has 0 aromatic heterocycles. The number of ether oxygens (including phenoxy) is 4. The highest BCUT2D eigenvalue weighted by atomic mass is 16.5. The van der Waals surface area contributed by atoms with Crippen LogP contribution in [0.4, 0.5) is 0 Å². The SMILES string of the molecule is CC[C@H](C)[C@@H]([C@@H](CC(=O)N1CCC[C@H]1[C@H](OC)[C@@H](C)C(=O)C[C@H](COCc1ccc(C(=O)OC)cc1)Cc1ccccc1)OC)N(C)C(=O)[C@@H](CC(=O)[C@H](C(C)C)N(C)CCCC(=O)O)C(C)C. The van der Waals surface area contributed by atoms with Gasteiger partial charge in [0, 0.05) is 58.9 Å². The van der Waals surface area contributed by atoms with E-state index in [9.17, 15) is 28.8 Å². The maximum atomic E-state index is 14.6. The summed E-state index contributed by atoms with van der Waals surface area (Å²) in [5.74, 6) is -3.14. The summed E-state index contributed by atoms with van der Waals surface area (Å²) >= 11 is 0. The van der Waals surface area contributed by atoms with Crippen LogP contribution in [0.2, 0.25) is 0 Å². The molecule has 0 unspecified atom stereocenters. The van der Waals surface area contributed by atoms with Gasteiger partial charge < -0.3 is 33.9 Å². The number of carboxylic acids is 1. The van der Waals surface area contributed by atoms with Crippen molar-refractivity contribution < 1.29 is 52.8 Å². The molecule has 380 valence electrons. The summed E-state index contributed by atoms with van der Waals surface area (Å²) < 4.78 is 23.2. The maximum absolute atomic E-state index is 14.6. The predicted molar refractivity (Wildman–Crippen MR) is 263 cm³/mol. The Hall–Kier alpha value is -4.50. The average Bonchev–Trinajstić information content (AvgIpc) is 3.80. The van der Waals surface area contributed by atoms with Crippen LogP contribution < -0.4 is 0 Å². The van der Waals surface area contributed by atoms with E-state index in [1.165, 1.54) is 7.11 Å². The van der Waals surface area contributed by atoms with Gasteiger partial charge in [-0.15, -0.1) is 0 Å². The van der Waals surface area contributed by atoms with Crippen molar-refractivity contribution in [3.05, 3.63) is 71.3 Å². The molecule has 1 aliphatic heterocycles. The molecule has 68 heavy (non-hydrogen) atoms. The van der Waals surface area contributed by atoms with Crippen LogP contribution >= 0.6 is 0 Å². The van der Waals surface area contributed by atoms with E-state index >= 15 is 0 Å². The number of aliphatic carboxylic acids is 1. The van der Waals surface area contributed by atoms with Crippen LogP contribution in [0.1, 0.15) is 121 Å². The van der Waals surface area contributed by atoms with E-state index < -0.39 is 48.1 Å². The first-order chi connectivity index (χ1) is 32.3. The summed E-state index contributed by atoms with van der Waals surface area (Å²) in [4.78, 5) is 85.9. The zero-order valence-corrected chi connectivity index (χ0v) is 43.1. The summed E-state index contributed by atoms with van der Waals surface area (Å²) in [6, 6.07) is 15.8. The Morgan fingerprint density at radius 1 is 0.809 bits per heavy atom. The lowest BCUT2D eigenvalue weighted by Gasteiger charge is -2.41. The molecular formula is C54H83N3O11. The molecule has 1 N–H and O–H groups in total. The number of hydrogen-bond acceptors (Lipinski definition) is 11. The molecular weight excluding hydrogens is 867 g/mol. The van der Waals surface area contributed by atoms with Crippen LogP contribution in [-0.2, 0) is 55.9 Å². The van der Waals surface area contributed by atoms with Gasteiger partial charge in [0.2, 0.25) is 11.8 Å². The average molecular weight is 950 g/mol. The van der Waals surface area contributed by atoms with Crippen LogP contribution in [0, 0.1) is 35.5 Å². The Morgan fingerprint density at radius 2 is 1.47 bits per heavy atom. The third-order valence-corrected chi connectivity index (χ3v) is 14.1. The number of methoxy groups -OCH3 is 3. The van der Waals surface area contributed by atoms with Gasteiger partial charge in [-0.1, -0.05) is 97.4 Å². The van der Waals surface area contributed by atoms with Crippen molar-refractivity contribution in [2.75, 3.05) is 55.1 Å². The zero-order valence-electron chi connectivity index (χ0n) is 43.1. The highest BCUT2D eigenvalue weighted by molar-refractivity contribution is 5.90. The normalized spacial score (nSPS) is 17.6. The van der Waals surface area contributed by atoms with Crippen LogP contribution in [-0.4, -0.2) is 141 Å². The minimum atomic E-state index is -0.880. The molecule has 2 amide bonds. The van der Waals surface area contributed by atoms with E-state index in [1.54, 1.807) is 38.3 Å². The molecule has 0 bridgehead atoms. The predicted octanol–water partition coefficient (Wildman–Crippen LogP) is 7.78. The second-order valence-electron chi connectivity index (χ2n) is 19.7. The van der Waals surface area contributed by atoms with Gasteiger partial charge in [-0.3, -0.25) is 28.9 Å². The molecule has 9 atom stereocenters. The van der Waals surface area contributed by atoms with Gasteiger partial charge in [-0.2, -0.15) is 0 Å². The van der Waals surface area contributed by atoms with Gasteiger partial charge in [0.05, 0.1) is 62.6 Å². The van der Waals surface area contributed by atoms with Crippen molar-refractivity contribution in [3.8, 4) is 0 Å². The monoisotopic (exact) mass is 950 g/mol. The van der Waals surface area contributed by atoms with E-state index in [0.717, 1.165) is 24.0 Å². The lowest BCUT2D eigenvalue weighted by Crippen LogP contribution is -2.54. The number of benzene rings is 2. The van der Waals surface area contributed by atoms with Crippen molar-refractivity contribution in [3.63, 3.8) is 0 Å². The highest BCUT2D eigenvalue weighted by Crippen LogP contribution is 2.32. The third-order valence-electron chi connectivity index (χ3n) is 14.1. The molecule has 1 saturated heterocycles. The van der Waals surface area contributed by atoms with Gasteiger partial charge in [-0.05, 0) is 86.2 Å². The highest BCUT2D eigenvalue weighted by Gasteiger charge is 2.43. The van der Waals surface area contributed by atoms with Crippen molar-refractivity contribution in [2.24, 2.45) is 35.5 Å². The fraction of sp³-hybridized carbons (Fsp3) is 0.667. The van der Waals surface area contributed by atoms with Gasteiger partial charge in [-0.25, -0.2) is 4.79 Å². The maximum Gasteiger partial charge on any atom is 0.337 e. The van der Waals surface area contributed by atoms with Crippen LogP contribution in [0.25, 0.3) is 0 Å². The quantitative estimate of drug-likeness (QED) is 0.0730. The summed E-state index contributed by atoms with van der Waals surface area (Å²) in [6.45, 7) is 15.4. The first kappa shape index (κ1) is 57.8. The second-order valence-corrected chi connectivity index (χ2v) is 19.7. The fourth-order valence-corrected chi connectivity index (χ4v) is 10.1. The lowest BCUT2D eigenvalue weighted by molar-refractivity contribution is -0.149. The molecule has 0 saturated carbocycles. The number of likely N-dealkylation sites (tertiary alicyclic amines) is 1. The first-order valence-electron chi connectivity index (χ1n) is 24.7. The minimum absolute atomic E-state index is 0.0131. The number of esters is 1. The molecule has 3 rings (SSSR count). The molecule has 14 heteroatoms. The molecule has 0 aliphatic carbocycles. The zero-order chi connectivity index (χ0) is 50.7. The van der Waals surface area contributed by atoms with Gasteiger partial charge >= 0.3 is 11.9 Å². The summed E-state index contributed by atoms with van der Waals surface area (Å²) in [5.41, 5.74) is 2.44. The number of ketones is 2. The van der Waals surface area contributed by atoms with Crippen LogP contribution in [0.15, 0.2) is 54.6 Å². The number of carboxylic acid groups (broad SMARTS) is 1. The molecule has 1 aliphatic rings. The first-order valence-corrected chi connectivity index (χ1v) is 24.7. The van der Waals surface area contributed by atoms with Crippen molar-refractivity contribution in [1.29, 1.82) is 0 Å². The number of hydrogen-bond donors (Lipinski definition) is 1. The van der Waals surface area contributed by atoms with Crippen LogP contribution in [0.5, 0.6) is 0 Å². The summed E-state index contributed by atoms with van der Waals surface area (Å²) in [7, 11) is 8.09. The molecule has 2 aromatic rings. The number of amides is 2. The molecule has 14 nitrogen and oxygen atoms in total. The van der Waals surface area contributed by atoms with Crippen LogP contribution in [0.3, 0.4) is 0 Å². The number of Topliss-reactive ketones (excluding diaryl/α,β-unsaturated/α-hetero) is 2. The number of carbonyl (C=O) groups excluding carboxylic acids is 5. The Morgan fingerprint density at radius 3 is 2.03 bits per heavy atom. The van der Waals surface area contributed by atoms with E-state index in [4.69, 9.17) is 24.1 Å². The molecule has 2 aromatic carbocycles. The van der Waals surface area contributed by atoms with E-state index in [1.807, 2.05) is 108 Å². The Labute approximate surface area is 406 Å². The fourth-order valence-electron chi connectivity index (χ4n) is 10.1. The number of carbonyl (C=O) groups is 6.